The van der Waals surface area contributed by atoms with E-state index in [9.17, 15) is 8.42 Å². The summed E-state index contributed by atoms with van der Waals surface area (Å²) in [4.78, 5) is 0. The Kier molecular flexibility index (Phi) is 4.27. The van der Waals surface area contributed by atoms with Crippen LogP contribution in [0.3, 0.4) is 0 Å². The zero-order valence-corrected chi connectivity index (χ0v) is 13.1. The third kappa shape index (κ3) is 3.26. The topological polar surface area (TPSA) is 61.2 Å². The Bertz CT molecular complexity index is 728. The molecule has 0 radical (unpaired) electrons. The number of hydrogen-bond donors (Lipinski definition) is 0. The van der Waals surface area contributed by atoms with Gasteiger partial charge in [0.2, 0.25) is 0 Å². The van der Waals surface area contributed by atoms with Crippen LogP contribution in [0.25, 0.3) is 0 Å². The van der Waals surface area contributed by atoms with Crippen LogP contribution in [0.2, 0.25) is 10.0 Å². The molecule has 108 valence electrons. The van der Waals surface area contributed by atoms with Crippen LogP contribution in [0.1, 0.15) is 18.7 Å². The number of ether oxygens (including phenoxy) is 1. The van der Waals surface area contributed by atoms with E-state index in [2.05, 4.69) is 5.10 Å². The number of rotatable bonds is 4. The molecular weight excluding hydrogens is 323 g/mol. The lowest BCUT2D eigenvalue weighted by molar-refractivity contribution is 0.220. The van der Waals surface area contributed by atoms with Crippen molar-refractivity contribution in [3.05, 3.63) is 46.2 Å². The van der Waals surface area contributed by atoms with E-state index >= 15 is 0 Å². The van der Waals surface area contributed by atoms with Crippen molar-refractivity contribution in [1.29, 1.82) is 0 Å². The quantitative estimate of drug-likeness (QED) is 0.861. The minimum atomic E-state index is -3.47. The molecule has 1 aromatic heterocycles. The Morgan fingerprint density at radius 3 is 2.60 bits per heavy atom. The van der Waals surface area contributed by atoms with Gasteiger partial charge in [0.15, 0.2) is 0 Å². The summed E-state index contributed by atoms with van der Waals surface area (Å²) >= 11 is 11.8. The van der Waals surface area contributed by atoms with Gasteiger partial charge < -0.3 is 4.74 Å². The zero-order chi connectivity index (χ0) is 14.9. The van der Waals surface area contributed by atoms with Crippen LogP contribution < -0.4 is 4.74 Å². The van der Waals surface area contributed by atoms with Gasteiger partial charge in [-0.15, -0.1) is 0 Å². The molecule has 1 heterocycles. The minimum absolute atomic E-state index is 0.356. The second-order valence-corrected chi connectivity index (χ2v) is 6.85. The molecule has 1 atom stereocenters. The highest BCUT2D eigenvalue weighted by Gasteiger charge is 2.19. The molecule has 0 saturated carbocycles. The van der Waals surface area contributed by atoms with E-state index in [1.54, 1.807) is 31.2 Å². The normalized spacial score (nSPS) is 13.2. The fourth-order valence-corrected chi connectivity index (χ4v) is 2.96. The zero-order valence-electron chi connectivity index (χ0n) is 10.7. The molecule has 0 amide bonds. The molecule has 2 aromatic rings. The third-order valence-electron chi connectivity index (χ3n) is 2.57. The Hall–Kier alpha value is -1.24. The van der Waals surface area contributed by atoms with Crippen LogP contribution in [0, 0.1) is 0 Å². The predicted molar refractivity (Wildman–Crippen MR) is 78.0 cm³/mol. The lowest BCUT2D eigenvalue weighted by Crippen LogP contribution is -2.18. The summed E-state index contributed by atoms with van der Waals surface area (Å²) in [6, 6.07) is 6.40. The van der Waals surface area contributed by atoms with Crippen molar-refractivity contribution >= 4 is 33.2 Å². The first-order chi connectivity index (χ1) is 9.29. The number of benzene rings is 1. The molecule has 0 aliphatic rings. The molecule has 20 heavy (non-hydrogen) atoms. The van der Waals surface area contributed by atoms with Crippen LogP contribution in [-0.2, 0) is 10.0 Å². The van der Waals surface area contributed by atoms with Crippen LogP contribution in [0.4, 0.5) is 0 Å². The predicted octanol–water partition coefficient (Wildman–Crippen LogP) is 3.14. The van der Waals surface area contributed by atoms with Crippen molar-refractivity contribution in [2.24, 2.45) is 0 Å². The molecule has 0 aliphatic heterocycles. The highest BCUT2D eigenvalue weighted by Crippen LogP contribution is 2.31. The molecular formula is C12H12Cl2N2O3S. The largest absolute Gasteiger partial charge is 0.483 e. The smallest absolute Gasteiger partial charge is 0.251 e. The summed E-state index contributed by atoms with van der Waals surface area (Å²) in [7, 11) is -3.47. The van der Waals surface area contributed by atoms with Crippen molar-refractivity contribution in [1.82, 2.24) is 9.19 Å². The summed E-state index contributed by atoms with van der Waals surface area (Å²) in [6.45, 7) is 1.71. The summed E-state index contributed by atoms with van der Waals surface area (Å²) in [5, 5.41) is 4.63. The SMILES string of the molecule is CC(Oc1ccc(Cl)cc1Cl)c1ccnn1S(C)(=O)=O. The van der Waals surface area contributed by atoms with Crippen LogP contribution >= 0.6 is 23.2 Å². The van der Waals surface area contributed by atoms with Crippen molar-refractivity contribution in [2.75, 3.05) is 6.26 Å². The van der Waals surface area contributed by atoms with E-state index < -0.39 is 16.1 Å². The molecule has 2 rings (SSSR count). The van der Waals surface area contributed by atoms with Gasteiger partial charge in [0, 0.05) is 5.02 Å². The average molecular weight is 335 g/mol. The molecule has 0 N–H and O–H groups in total. The average Bonchev–Trinajstić information content (AvgIpc) is 2.81. The number of hydrogen-bond acceptors (Lipinski definition) is 4. The molecule has 0 fully saturated rings. The molecule has 5 nitrogen and oxygen atoms in total. The van der Waals surface area contributed by atoms with Crippen molar-refractivity contribution < 1.29 is 13.2 Å². The fourth-order valence-electron chi connectivity index (χ4n) is 1.69. The second-order valence-electron chi connectivity index (χ2n) is 4.20. The van der Waals surface area contributed by atoms with Gasteiger partial charge in [-0.2, -0.15) is 9.19 Å². The van der Waals surface area contributed by atoms with Gasteiger partial charge in [0.05, 0.1) is 23.2 Å². The Morgan fingerprint density at radius 1 is 1.30 bits per heavy atom. The van der Waals surface area contributed by atoms with Gasteiger partial charge in [0.25, 0.3) is 10.0 Å². The molecule has 0 bridgehead atoms. The van der Waals surface area contributed by atoms with Crippen LogP contribution in [0.15, 0.2) is 30.5 Å². The van der Waals surface area contributed by atoms with Gasteiger partial charge in [-0.3, -0.25) is 0 Å². The fraction of sp³-hybridized carbons (Fsp3) is 0.250. The molecule has 0 spiro atoms. The third-order valence-corrected chi connectivity index (χ3v) is 4.03. The standard InChI is InChI=1S/C12H12Cl2N2O3S/c1-8(11-5-6-15-16(11)20(2,17)18)19-12-4-3-9(13)7-10(12)14/h3-8H,1-2H3. The van der Waals surface area contributed by atoms with Crippen LogP contribution in [-0.4, -0.2) is 23.9 Å². The Labute approximate surface area is 127 Å². The monoisotopic (exact) mass is 334 g/mol. The van der Waals surface area contributed by atoms with Crippen molar-refractivity contribution in [3.8, 4) is 5.75 Å². The van der Waals surface area contributed by atoms with E-state index in [1.807, 2.05) is 0 Å². The van der Waals surface area contributed by atoms with Crippen LogP contribution in [0.5, 0.6) is 5.75 Å². The van der Waals surface area contributed by atoms with Crippen molar-refractivity contribution in [2.45, 2.75) is 13.0 Å². The number of halogens is 2. The highest BCUT2D eigenvalue weighted by molar-refractivity contribution is 7.89. The molecule has 0 aliphatic carbocycles. The minimum Gasteiger partial charge on any atom is -0.483 e. The number of nitrogens with zero attached hydrogens (tertiary/aromatic N) is 2. The molecule has 8 heteroatoms. The first kappa shape index (κ1) is 15.2. The van der Waals surface area contributed by atoms with E-state index in [1.165, 1.54) is 6.20 Å². The Balaban J connectivity index is 2.29. The van der Waals surface area contributed by atoms with Gasteiger partial charge >= 0.3 is 0 Å². The van der Waals surface area contributed by atoms with E-state index in [0.29, 0.717) is 21.5 Å². The highest BCUT2D eigenvalue weighted by atomic mass is 35.5. The Morgan fingerprint density at radius 2 is 2.00 bits per heavy atom. The number of aromatic nitrogens is 2. The maximum atomic E-state index is 11.6. The van der Waals surface area contributed by atoms with Gasteiger partial charge in [0.1, 0.15) is 11.9 Å². The summed E-state index contributed by atoms with van der Waals surface area (Å²) < 4.78 is 29.8. The van der Waals surface area contributed by atoms with Crippen molar-refractivity contribution in [3.63, 3.8) is 0 Å². The summed E-state index contributed by atoms with van der Waals surface area (Å²) in [6.07, 6.45) is 1.94. The molecule has 0 saturated heterocycles. The maximum Gasteiger partial charge on any atom is 0.251 e. The van der Waals surface area contributed by atoms with Gasteiger partial charge in [-0.25, -0.2) is 8.42 Å². The first-order valence-corrected chi connectivity index (χ1v) is 8.25. The lowest BCUT2D eigenvalue weighted by Gasteiger charge is -2.16. The maximum absolute atomic E-state index is 11.6. The van der Waals surface area contributed by atoms with Gasteiger partial charge in [-0.05, 0) is 31.2 Å². The first-order valence-electron chi connectivity index (χ1n) is 5.65. The summed E-state index contributed by atoms with van der Waals surface area (Å²) in [5.41, 5.74) is 0.415. The molecule has 1 unspecified atom stereocenters. The van der Waals surface area contributed by atoms with E-state index in [4.69, 9.17) is 27.9 Å². The second kappa shape index (κ2) is 5.63. The van der Waals surface area contributed by atoms with E-state index in [-0.39, 0.29) is 0 Å². The lowest BCUT2D eigenvalue weighted by atomic mass is 10.3. The van der Waals surface area contributed by atoms with Gasteiger partial charge in [-0.1, -0.05) is 23.2 Å². The summed E-state index contributed by atoms with van der Waals surface area (Å²) in [5.74, 6) is 0.421. The van der Waals surface area contributed by atoms with E-state index in [0.717, 1.165) is 10.3 Å². The molecule has 1 aromatic carbocycles.